The first kappa shape index (κ1) is 21.5. The number of hydrogen-bond donors (Lipinski definition) is 2. The molecule has 28 heavy (non-hydrogen) atoms. The first-order valence-electron chi connectivity index (χ1n) is 8.77. The first-order valence-corrected chi connectivity index (χ1v) is 8.77. The van der Waals surface area contributed by atoms with Crippen LogP contribution in [0.25, 0.3) is 0 Å². The predicted molar refractivity (Wildman–Crippen MR) is 101 cm³/mol. The molecule has 0 aliphatic rings. The van der Waals surface area contributed by atoms with E-state index < -0.39 is 6.61 Å². The van der Waals surface area contributed by atoms with Crippen LogP contribution in [0.5, 0.6) is 11.5 Å². The van der Waals surface area contributed by atoms with Crippen LogP contribution in [0.4, 0.5) is 8.78 Å². The molecule has 0 aliphatic carbocycles. The van der Waals surface area contributed by atoms with Crippen LogP contribution in [-0.2, 0) is 17.7 Å². The second kappa shape index (κ2) is 11.8. The fraction of sp³-hybridized carbons (Fsp3) is 0.421. The molecule has 9 heteroatoms. The van der Waals surface area contributed by atoms with Gasteiger partial charge < -0.3 is 29.3 Å². The van der Waals surface area contributed by atoms with Crippen molar-refractivity contribution in [3.63, 3.8) is 0 Å². The molecule has 154 valence electrons. The van der Waals surface area contributed by atoms with Gasteiger partial charge in [0.25, 0.3) is 0 Å². The molecule has 0 spiro atoms. The number of benzene rings is 1. The largest absolute Gasteiger partial charge is 0.497 e. The van der Waals surface area contributed by atoms with E-state index in [4.69, 9.17) is 13.9 Å². The average molecular weight is 397 g/mol. The molecule has 1 heterocycles. The normalized spacial score (nSPS) is 11.5. The second-order valence-corrected chi connectivity index (χ2v) is 5.69. The molecule has 0 saturated carbocycles. The van der Waals surface area contributed by atoms with Crippen LogP contribution in [0.2, 0.25) is 0 Å². The van der Waals surface area contributed by atoms with Crippen molar-refractivity contribution in [1.29, 1.82) is 0 Å². The van der Waals surface area contributed by atoms with Crippen LogP contribution in [-0.4, -0.2) is 46.5 Å². The van der Waals surface area contributed by atoms with Crippen LogP contribution in [0, 0.1) is 0 Å². The van der Waals surface area contributed by atoms with Crippen molar-refractivity contribution in [1.82, 2.24) is 10.6 Å². The molecular formula is C19H25F2N3O4. The molecule has 1 aromatic carbocycles. The molecule has 7 nitrogen and oxygen atoms in total. The van der Waals surface area contributed by atoms with E-state index in [0.29, 0.717) is 43.4 Å². The summed E-state index contributed by atoms with van der Waals surface area (Å²) in [5, 5.41) is 6.30. The zero-order valence-corrected chi connectivity index (χ0v) is 15.9. The highest BCUT2D eigenvalue weighted by molar-refractivity contribution is 5.79. The van der Waals surface area contributed by atoms with Gasteiger partial charge in [0.2, 0.25) is 0 Å². The number of alkyl halides is 2. The van der Waals surface area contributed by atoms with Gasteiger partial charge in [0.05, 0.1) is 26.5 Å². The van der Waals surface area contributed by atoms with E-state index in [1.54, 1.807) is 25.5 Å². The number of hydrogen-bond acceptors (Lipinski definition) is 5. The highest BCUT2D eigenvalue weighted by Crippen LogP contribution is 2.26. The Bertz CT molecular complexity index is 724. The minimum absolute atomic E-state index is 0.0615. The third-order valence-corrected chi connectivity index (χ3v) is 3.73. The van der Waals surface area contributed by atoms with Gasteiger partial charge in [0.1, 0.15) is 17.3 Å². The Morgan fingerprint density at radius 2 is 2.00 bits per heavy atom. The molecule has 1 aromatic heterocycles. The quantitative estimate of drug-likeness (QED) is 0.345. The lowest BCUT2D eigenvalue weighted by Crippen LogP contribution is -2.40. The van der Waals surface area contributed by atoms with Crippen LogP contribution >= 0.6 is 0 Å². The molecular weight excluding hydrogens is 372 g/mol. The van der Waals surface area contributed by atoms with E-state index >= 15 is 0 Å². The number of methoxy groups -OCH3 is 2. The Hall–Kier alpha value is -2.81. The lowest BCUT2D eigenvalue weighted by molar-refractivity contribution is -0.0504. The zero-order chi connectivity index (χ0) is 20.2. The van der Waals surface area contributed by atoms with E-state index in [1.807, 2.05) is 12.1 Å². The summed E-state index contributed by atoms with van der Waals surface area (Å²) in [6.45, 7) is -1.16. The number of ether oxygens (including phenoxy) is 3. The van der Waals surface area contributed by atoms with Gasteiger partial charge in [-0.05, 0) is 30.3 Å². The molecule has 0 fully saturated rings. The Kier molecular flexibility index (Phi) is 9.06. The number of guanidine groups is 1. The minimum Gasteiger partial charge on any atom is -0.497 e. The summed E-state index contributed by atoms with van der Waals surface area (Å²) in [5.41, 5.74) is 0.485. The van der Waals surface area contributed by atoms with E-state index in [2.05, 4.69) is 20.4 Å². The summed E-state index contributed by atoms with van der Waals surface area (Å²) >= 11 is 0. The van der Waals surface area contributed by atoms with Crippen molar-refractivity contribution in [3.05, 3.63) is 47.9 Å². The van der Waals surface area contributed by atoms with E-state index in [9.17, 15) is 8.78 Å². The zero-order valence-electron chi connectivity index (χ0n) is 15.9. The third-order valence-electron chi connectivity index (χ3n) is 3.73. The third kappa shape index (κ3) is 7.43. The van der Waals surface area contributed by atoms with Crippen LogP contribution < -0.4 is 20.1 Å². The van der Waals surface area contributed by atoms with Crippen molar-refractivity contribution in [2.45, 2.75) is 19.6 Å². The van der Waals surface area contributed by atoms with Crippen molar-refractivity contribution >= 4 is 5.96 Å². The SMILES string of the molecule is COCCNC(=NCc1cc(OC)ccc1OC(F)F)NCCc1ccco1. The second-order valence-electron chi connectivity index (χ2n) is 5.69. The number of aliphatic imine (C=N–C) groups is 1. The highest BCUT2D eigenvalue weighted by atomic mass is 19.3. The summed E-state index contributed by atoms with van der Waals surface area (Å²) in [4.78, 5) is 4.46. The number of nitrogens with zero attached hydrogens (tertiary/aromatic N) is 1. The molecule has 2 aromatic rings. The molecule has 0 unspecified atom stereocenters. The van der Waals surface area contributed by atoms with Gasteiger partial charge >= 0.3 is 6.61 Å². The van der Waals surface area contributed by atoms with Gasteiger partial charge in [-0.15, -0.1) is 0 Å². The molecule has 2 rings (SSSR count). The summed E-state index contributed by atoms with van der Waals surface area (Å²) in [6, 6.07) is 8.34. The molecule has 0 saturated heterocycles. The average Bonchev–Trinajstić information content (AvgIpc) is 3.19. The van der Waals surface area contributed by atoms with E-state index in [0.717, 1.165) is 5.76 Å². The van der Waals surface area contributed by atoms with Crippen LogP contribution in [0.3, 0.4) is 0 Å². The van der Waals surface area contributed by atoms with Crippen molar-refractivity contribution < 1.29 is 27.4 Å². The molecule has 0 aliphatic heterocycles. The van der Waals surface area contributed by atoms with E-state index in [-0.39, 0.29) is 12.3 Å². The maximum absolute atomic E-state index is 12.7. The summed E-state index contributed by atoms with van der Waals surface area (Å²) < 4.78 is 45.4. The topological polar surface area (TPSA) is 77.2 Å². The first-order chi connectivity index (χ1) is 13.6. The predicted octanol–water partition coefficient (Wildman–Crippen LogP) is 2.81. The lowest BCUT2D eigenvalue weighted by Gasteiger charge is -2.14. The van der Waals surface area contributed by atoms with Crippen molar-refractivity contribution in [3.8, 4) is 11.5 Å². The van der Waals surface area contributed by atoms with Gasteiger partial charge in [-0.25, -0.2) is 4.99 Å². The van der Waals surface area contributed by atoms with E-state index in [1.165, 1.54) is 13.2 Å². The van der Waals surface area contributed by atoms with Crippen molar-refractivity contribution in [2.24, 2.45) is 4.99 Å². The summed E-state index contributed by atoms with van der Waals surface area (Å²) in [6.07, 6.45) is 2.30. The standard InChI is InChI=1S/C19H25F2N3O4/c1-25-11-9-23-19(22-8-7-15-4-3-10-27-15)24-13-14-12-16(26-2)5-6-17(14)28-18(20)21/h3-6,10,12,18H,7-9,11,13H2,1-2H3,(H2,22,23,24). The number of nitrogens with one attached hydrogen (secondary N) is 2. The monoisotopic (exact) mass is 397 g/mol. The van der Waals surface area contributed by atoms with Gasteiger partial charge in [0, 0.05) is 32.2 Å². The highest BCUT2D eigenvalue weighted by Gasteiger charge is 2.11. The van der Waals surface area contributed by atoms with Crippen LogP contribution in [0.15, 0.2) is 46.0 Å². The van der Waals surface area contributed by atoms with Gasteiger partial charge in [-0.3, -0.25) is 0 Å². The fourth-order valence-corrected chi connectivity index (χ4v) is 2.39. The summed E-state index contributed by atoms with van der Waals surface area (Å²) in [7, 11) is 3.11. The molecule has 2 N–H and O–H groups in total. The Morgan fingerprint density at radius 3 is 2.68 bits per heavy atom. The van der Waals surface area contributed by atoms with Gasteiger partial charge in [0.15, 0.2) is 5.96 Å². The summed E-state index contributed by atoms with van der Waals surface area (Å²) in [5.74, 6) is 1.97. The van der Waals surface area contributed by atoms with Crippen molar-refractivity contribution in [2.75, 3.05) is 33.9 Å². The number of rotatable bonds is 11. The maximum Gasteiger partial charge on any atom is 0.387 e. The maximum atomic E-state index is 12.7. The molecule has 0 radical (unpaired) electrons. The van der Waals surface area contributed by atoms with Gasteiger partial charge in [-0.2, -0.15) is 8.78 Å². The lowest BCUT2D eigenvalue weighted by atomic mass is 10.2. The van der Waals surface area contributed by atoms with Crippen LogP contribution in [0.1, 0.15) is 11.3 Å². The molecule has 0 bridgehead atoms. The minimum atomic E-state index is -2.91. The Labute approximate surface area is 162 Å². The number of halogens is 2. The Morgan fingerprint density at radius 1 is 1.18 bits per heavy atom. The fourth-order valence-electron chi connectivity index (χ4n) is 2.39. The molecule has 0 atom stereocenters. The van der Waals surface area contributed by atoms with Gasteiger partial charge in [-0.1, -0.05) is 0 Å². The molecule has 0 amide bonds. The number of furan rings is 1. The Balaban J connectivity index is 2.06. The smallest absolute Gasteiger partial charge is 0.387 e.